The van der Waals surface area contributed by atoms with E-state index in [1.165, 1.54) is 0 Å². The minimum atomic E-state index is -0.345. The van der Waals surface area contributed by atoms with Crippen molar-refractivity contribution >= 4 is 17.0 Å². The van der Waals surface area contributed by atoms with Gasteiger partial charge in [-0.05, 0) is 39.7 Å². The second-order valence-electron chi connectivity index (χ2n) is 5.01. The number of carbonyl (C=O) groups is 1. The zero-order valence-electron chi connectivity index (χ0n) is 11.9. The third-order valence-corrected chi connectivity index (χ3v) is 3.07. The van der Waals surface area contributed by atoms with Gasteiger partial charge in [0.1, 0.15) is 0 Å². The molecule has 0 aromatic carbocycles. The Balaban J connectivity index is 2.15. The second kappa shape index (κ2) is 6.00. The Bertz CT molecular complexity index is 619. The SMILES string of the molecule is Cc1cc(C(=O)NCCCC(C)O)c2c(C)noc2n1. The number of hydrogen-bond acceptors (Lipinski definition) is 5. The first-order chi connectivity index (χ1) is 9.49. The number of aliphatic hydroxyl groups is 1. The molecule has 0 aliphatic rings. The Kier molecular flexibility index (Phi) is 4.34. The number of hydrogen-bond donors (Lipinski definition) is 2. The van der Waals surface area contributed by atoms with Crippen LogP contribution in [0.25, 0.3) is 11.1 Å². The number of pyridine rings is 1. The number of aliphatic hydroxyl groups excluding tert-OH is 1. The Labute approximate surface area is 117 Å². The quantitative estimate of drug-likeness (QED) is 0.812. The molecule has 0 aliphatic heterocycles. The summed E-state index contributed by atoms with van der Waals surface area (Å²) < 4.78 is 5.10. The summed E-state index contributed by atoms with van der Waals surface area (Å²) in [5.41, 5.74) is 2.28. The lowest BCUT2D eigenvalue weighted by Crippen LogP contribution is -2.25. The molecule has 2 N–H and O–H groups in total. The predicted octanol–water partition coefficient (Wildman–Crippen LogP) is 1.73. The number of nitrogens with zero attached hydrogens (tertiary/aromatic N) is 2. The normalized spacial score (nSPS) is 12.6. The molecule has 0 saturated heterocycles. The molecule has 1 unspecified atom stereocenters. The standard InChI is InChI=1S/C14H19N3O3/c1-8-7-11(12-10(3)17-20-14(12)16-8)13(19)15-6-4-5-9(2)18/h7,9,18H,4-6H2,1-3H3,(H,15,19). The fourth-order valence-electron chi connectivity index (χ4n) is 2.09. The summed E-state index contributed by atoms with van der Waals surface area (Å²) in [6, 6.07) is 1.73. The smallest absolute Gasteiger partial charge is 0.258 e. The lowest BCUT2D eigenvalue weighted by Gasteiger charge is -2.07. The van der Waals surface area contributed by atoms with Crippen molar-refractivity contribution in [2.45, 2.75) is 39.7 Å². The lowest BCUT2D eigenvalue weighted by molar-refractivity contribution is 0.0951. The van der Waals surface area contributed by atoms with E-state index in [1.54, 1.807) is 19.9 Å². The van der Waals surface area contributed by atoms with Crippen molar-refractivity contribution in [2.24, 2.45) is 0 Å². The van der Waals surface area contributed by atoms with E-state index in [9.17, 15) is 9.90 Å². The van der Waals surface area contributed by atoms with E-state index < -0.39 is 0 Å². The minimum absolute atomic E-state index is 0.169. The van der Waals surface area contributed by atoms with Crippen molar-refractivity contribution in [1.82, 2.24) is 15.5 Å². The number of rotatable bonds is 5. The molecule has 0 aliphatic carbocycles. The van der Waals surface area contributed by atoms with Gasteiger partial charge in [-0.15, -0.1) is 0 Å². The number of carbonyl (C=O) groups excluding carboxylic acids is 1. The van der Waals surface area contributed by atoms with E-state index >= 15 is 0 Å². The molecular formula is C14H19N3O3. The van der Waals surface area contributed by atoms with Gasteiger partial charge in [-0.1, -0.05) is 5.16 Å². The van der Waals surface area contributed by atoms with E-state index in [0.29, 0.717) is 41.0 Å². The van der Waals surface area contributed by atoms with Gasteiger partial charge in [0.15, 0.2) is 0 Å². The van der Waals surface area contributed by atoms with Gasteiger partial charge in [0.25, 0.3) is 11.6 Å². The molecule has 0 radical (unpaired) electrons. The highest BCUT2D eigenvalue weighted by Gasteiger charge is 2.17. The largest absolute Gasteiger partial charge is 0.393 e. The van der Waals surface area contributed by atoms with E-state index in [0.717, 1.165) is 6.42 Å². The van der Waals surface area contributed by atoms with Crippen LogP contribution in [0, 0.1) is 13.8 Å². The Morgan fingerprint density at radius 2 is 2.25 bits per heavy atom. The molecule has 6 heteroatoms. The van der Waals surface area contributed by atoms with E-state index in [1.807, 2.05) is 6.92 Å². The zero-order chi connectivity index (χ0) is 14.7. The number of nitrogens with one attached hydrogen (secondary N) is 1. The maximum Gasteiger partial charge on any atom is 0.258 e. The third-order valence-electron chi connectivity index (χ3n) is 3.07. The van der Waals surface area contributed by atoms with Gasteiger partial charge < -0.3 is 14.9 Å². The summed E-state index contributed by atoms with van der Waals surface area (Å²) >= 11 is 0. The van der Waals surface area contributed by atoms with Gasteiger partial charge in [0, 0.05) is 12.2 Å². The molecule has 0 fully saturated rings. The van der Waals surface area contributed by atoms with Gasteiger partial charge in [-0.3, -0.25) is 4.79 Å². The van der Waals surface area contributed by atoms with Gasteiger partial charge in [-0.25, -0.2) is 4.98 Å². The van der Waals surface area contributed by atoms with Crippen LogP contribution in [0.4, 0.5) is 0 Å². The zero-order valence-corrected chi connectivity index (χ0v) is 11.9. The molecular weight excluding hydrogens is 258 g/mol. The van der Waals surface area contributed by atoms with Crippen LogP contribution < -0.4 is 5.32 Å². The van der Waals surface area contributed by atoms with Crippen molar-refractivity contribution in [3.05, 3.63) is 23.0 Å². The van der Waals surface area contributed by atoms with E-state index in [2.05, 4.69) is 15.5 Å². The van der Waals surface area contributed by atoms with Gasteiger partial charge in [0.05, 0.1) is 22.7 Å². The monoisotopic (exact) mass is 277 g/mol. The van der Waals surface area contributed by atoms with Crippen LogP contribution in [0.3, 0.4) is 0 Å². The average Bonchev–Trinajstić information content (AvgIpc) is 2.74. The maximum atomic E-state index is 12.2. The molecule has 0 spiro atoms. The molecule has 2 aromatic heterocycles. The summed E-state index contributed by atoms with van der Waals surface area (Å²) in [4.78, 5) is 16.5. The van der Waals surface area contributed by atoms with E-state index in [4.69, 9.17) is 4.52 Å². The summed E-state index contributed by atoms with van der Waals surface area (Å²) in [6.45, 7) is 5.85. The minimum Gasteiger partial charge on any atom is -0.393 e. The molecule has 2 aromatic rings. The molecule has 0 bridgehead atoms. The number of aryl methyl sites for hydroxylation is 2. The van der Waals surface area contributed by atoms with E-state index in [-0.39, 0.29) is 12.0 Å². The van der Waals surface area contributed by atoms with Gasteiger partial charge in [0.2, 0.25) is 0 Å². The molecule has 1 atom stereocenters. The molecule has 20 heavy (non-hydrogen) atoms. The third kappa shape index (κ3) is 3.14. The first-order valence-corrected chi connectivity index (χ1v) is 6.69. The molecule has 6 nitrogen and oxygen atoms in total. The molecule has 0 saturated carbocycles. The molecule has 108 valence electrons. The fraction of sp³-hybridized carbons (Fsp3) is 0.500. The summed E-state index contributed by atoms with van der Waals surface area (Å²) in [7, 11) is 0. The maximum absolute atomic E-state index is 12.2. The second-order valence-corrected chi connectivity index (χ2v) is 5.01. The van der Waals surface area contributed by atoms with Crippen LogP contribution in [0.2, 0.25) is 0 Å². The van der Waals surface area contributed by atoms with Crippen molar-refractivity contribution < 1.29 is 14.4 Å². The highest BCUT2D eigenvalue weighted by molar-refractivity contribution is 6.05. The van der Waals surface area contributed by atoms with Crippen molar-refractivity contribution in [2.75, 3.05) is 6.54 Å². The average molecular weight is 277 g/mol. The highest BCUT2D eigenvalue weighted by Crippen LogP contribution is 2.21. The number of fused-ring (bicyclic) bond motifs is 1. The van der Waals surface area contributed by atoms with Crippen LogP contribution in [-0.4, -0.2) is 33.8 Å². The Morgan fingerprint density at radius 3 is 2.95 bits per heavy atom. The predicted molar refractivity (Wildman–Crippen MR) is 74.5 cm³/mol. The van der Waals surface area contributed by atoms with Crippen molar-refractivity contribution in [3.8, 4) is 0 Å². The Morgan fingerprint density at radius 1 is 1.50 bits per heavy atom. The van der Waals surface area contributed by atoms with Crippen LogP contribution in [-0.2, 0) is 0 Å². The van der Waals surface area contributed by atoms with Crippen LogP contribution in [0.5, 0.6) is 0 Å². The fourth-order valence-corrected chi connectivity index (χ4v) is 2.09. The van der Waals surface area contributed by atoms with Gasteiger partial charge in [-0.2, -0.15) is 0 Å². The van der Waals surface area contributed by atoms with Crippen molar-refractivity contribution in [1.29, 1.82) is 0 Å². The first kappa shape index (κ1) is 14.5. The van der Waals surface area contributed by atoms with Crippen LogP contribution in [0.1, 0.15) is 41.5 Å². The molecule has 2 rings (SSSR count). The lowest BCUT2D eigenvalue weighted by atomic mass is 10.1. The van der Waals surface area contributed by atoms with Gasteiger partial charge >= 0.3 is 0 Å². The molecule has 1 amide bonds. The summed E-state index contributed by atoms with van der Waals surface area (Å²) in [5.74, 6) is -0.169. The summed E-state index contributed by atoms with van der Waals surface area (Å²) in [6.07, 6.45) is 1.05. The van der Waals surface area contributed by atoms with Crippen LogP contribution in [0.15, 0.2) is 10.6 Å². The Hall–Kier alpha value is -1.95. The number of aromatic nitrogens is 2. The first-order valence-electron chi connectivity index (χ1n) is 6.69. The molecule has 2 heterocycles. The van der Waals surface area contributed by atoms with Crippen molar-refractivity contribution in [3.63, 3.8) is 0 Å². The van der Waals surface area contributed by atoms with Crippen LogP contribution >= 0.6 is 0 Å². The highest BCUT2D eigenvalue weighted by atomic mass is 16.5. The summed E-state index contributed by atoms with van der Waals surface area (Å²) in [5, 5.41) is 16.5. The topological polar surface area (TPSA) is 88.2 Å². The number of amides is 1.